The summed E-state index contributed by atoms with van der Waals surface area (Å²) >= 11 is 0. The molecule has 1 aliphatic rings. The Bertz CT molecular complexity index is 357. The monoisotopic (exact) mass is 224 g/mol. The number of rotatable bonds is 4. The second-order valence-corrected chi connectivity index (χ2v) is 3.89. The van der Waals surface area contributed by atoms with Crippen LogP contribution in [0.25, 0.3) is 0 Å². The molecule has 0 spiro atoms. The molecule has 1 atom stereocenters. The lowest BCUT2D eigenvalue weighted by Crippen LogP contribution is -2.35. The molecule has 2 rings (SSSR count). The highest BCUT2D eigenvalue weighted by Crippen LogP contribution is 2.04. The second kappa shape index (κ2) is 5.07. The predicted molar refractivity (Wildman–Crippen MR) is 57.1 cm³/mol. The summed E-state index contributed by atoms with van der Waals surface area (Å²) in [5.41, 5.74) is 0. The van der Waals surface area contributed by atoms with Gasteiger partial charge in [-0.15, -0.1) is 5.10 Å². The molecule has 1 aromatic heterocycles. The van der Waals surface area contributed by atoms with Crippen LogP contribution < -0.4 is 5.32 Å². The van der Waals surface area contributed by atoms with Crippen molar-refractivity contribution in [1.82, 2.24) is 20.5 Å². The molecular weight excluding hydrogens is 208 g/mol. The minimum atomic E-state index is -0.228. The summed E-state index contributed by atoms with van der Waals surface area (Å²) in [5.74, 6) is 0.750. The van der Waals surface area contributed by atoms with Crippen LogP contribution in [0.5, 0.6) is 0 Å². The van der Waals surface area contributed by atoms with Crippen LogP contribution in [0.15, 0.2) is 0 Å². The Balaban J connectivity index is 1.91. The van der Waals surface area contributed by atoms with Crippen LogP contribution in [0.3, 0.4) is 0 Å². The quantitative estimate of drug-likeness (QED) is 0.769. The van der Waals surface area contributed by atoms with E-state index in [9.17, 15) is 4.79 Å². The SMILES string of the molecule is CCCc1nc(C(=O)NC2CCOC2)n[nH]1. The summed E-state index contributed by atoms with van der Waals surface area (Å²) in [6.07, 6.45) is 2.65. The molecule has 0 bridgehead atoms. The maximum absolute atomic E-state index is 11.7. The number of aromatic nitrogens is 3. The molecule has 1 aliphatic heterocycles. The maximum Gasteiger partial charge on any atom is 0.291 e. The van der Waals surface area contributed by atoms with E-state index in [1.54, 1.807) is 0 Å². The van der Waals surface area contributed by atoms with E-state index >= 15 is 0 Å². The lowest BCUT2D eigenvalue weighted by atomic mass is 10.2. The van der Waals surface area contributed by atoms with Crippen molar-refractivity contribution >= 4 is 5.91 Å². The summed E-state index contributed by atoms with van der Waals surface area (Å²) in [6.45, 7) is 3.34. The number of H-pyrrole nitrogens is 1. The molecule has 88 valence electrons. The zero-order valence-electron chi connectivity index (χ0n) is 9.32. The Labute approximate surface area is 93.8 Å². The third kappa shape index (κ3) is 2.57. The summed E-state index contributed by atoms with van der Waals surface area (Å²) in [4.78, 5) is 15.8. The Morgan fingerprint density at radius 2 is 2.56 bits per heavy atom. The number of nitrogens with zero attached hydrogens (tertiary/aromatic N) is 2. The number of ether oxygens (including phenoxy) is 1. The number of nitrogens with one attached hydrogen (secondary N) is 2. The molecule has 1 unspecified atom stereocenters. The molecule has 6 nitrogen and oxygen atoms in total. The van der Waals surface area contributed by atoms with E-state index < -0.39 is 0 Å². The number of carbonyl (C=O) groups is 1. The number of aromatic amines is 1. The molecule has 0 aliphatic carbocycles. The molecule has 16 heavy (non-hydrogen) atoms. The smallest absolute Gasteiger partial charge is 0.291 e. The van der Waals surface area contributed by atoms with Gasteiger partial charge in [0.25, 0.3) is 5.91 Å². The average Bonchev–Trinajstić information content (AvgIpc) is 2.89. The molecule has 1 saturated heterocycles. The van der Waals surface area contributed by atoms with Crippen molar-refractivity contribution in [3.8, 4) is 0 Å². The summed E-state index contributed by atoms with van der Waals surface area (Å²) in [5, 5.41) is 9.49. The fourth-order valence-corrected chi connectivity index (χ4v) is 1.64. The van der Waals surface area contributed by atoms with E-state index in [-0.39, 0.29) is 17.8 Å². The highest BCUT2D eigenvalue weighted by Gasteiger charge is 2.20. The lowest BCUT2D eigenvalue weighted by molar-refractivity contribution is 0.0919. The molecule has 0 radical (unpaired) electrons. The minimum absolute atomic E-state index is 0.0978. The first-order valence-electron chi connectivity index (χ1n) is 5.59. The fourth-order valence-electron chi connectivity index (χ4n) is 1.64. The second-order valence-electron chi connectivity index (χ2n) is 3.89. The van der Waals surface area contributed by atoms with Gasteiger partial charge in [-0.05, 0) is 12.8 Å². The topological polar surface area (TPSA) is 79.9 Å². The van der Waals surface area contributed by atoms with Crippen molar-refractivity contribution in [3.05, 3.63) is 11.6 Å². The van der Waals surface area contributed by atoms with Gasteiger partial charge < -0.3 is 10.1 Å². The van der Waals surface area contributed by atoms with Gasteiger partial charge in [-0.2, -0.15) is 0 Å². The van der Waals surface area contributed by atoms with Crippen molar-refractivity contribution in [3.63, 3.8) is 0 Å². The van der Waals surface area contributed by atoms with Crippen LogP contribution >= 0.6 is 0 Å². The third-order valence-corrected chi connectivity index (χ3v) is 2.49. The number of carbonyl (C=O) groups excluding carboxylic acids is 1. The van der Waals surface area contributed by atoms with Crippen molar-refractivity contribution in [2.75, 3.05) is 13.2 Å². The minimum Gasteiger partial charge on any atom is -0.379 e. The highest BCUT2D eigenvalue weighted by molar-refractivity contribution is 5.90. The number of aryl methyl sites for hydroxylation is 1. The summed E-state index contributed by atoms with van der Waals surface area (Å²) in [6, 6.07) is 0.0978. The van der Waals surface area contributed by atoms with Gasteiger partial charge in [0.05, 0.1) is 12.6 Å². The zero-order valence-corrected chi connectivity index (χ0v) is 9.32. The van der Waals surface area contributed by atoms with E-state index in [4.69, 9.17) is 4.74 Å². The molecule has 2 heterocycles. The van der Waals surface area contributed by atoms with Gasteiger partial charge in [0, 0.05) is 13.0 Å². The van der Waals surface area contributed by atoms with Gasteiger partial charge in [0.1, 0.15) is 5.82 Å². The van der Waals surface area contributed by atoms with E-state index in [0.29, 0.717) is 13.2 Å². The Morgan fingerprint density at radius 1 is 1.69 bits per heavy atom. The Hall–Kier alpha value is -1.43. The van der Waals surface area contributed by atoms with E-state index in [1.807, 2.05) is 0 Å². The van der Waals surface area contributed by atoms with Gasteiger partial charge >= 0.3 is 0 Å². The van der Waals surface area contributed by atoms with Crippen LogP contribution in [0.4, 0.5) is 0 Å². The van der Waals surface area contributed by atoms with Crippen molar-refractivity contribution in [2.24, 2.45) is 0 Å². The van der Waals surface area contributed by atoms with E-state index in [2.05, 4.69) is 27.4 Å². The van der Waals surface area contributed by atoms with E-state index in [1.165, 1.54) is 0 Å². The predicted octanol–water partition coefficient (Wildman–Crippen LogP) is 0.276. The highest BCUT2D eigenvalue weighted by atomic mass is 16.5. The first kappa shape index (κ1) is 11.1. The van der Waals surface area contributed by atoms with Crippen LogP contribution in [0, 0.1) is 0 Å². The Kier molecular flexibility index (Phi) is 3.51. The third-order valence-electron chi connectivity index (χ3n) is 2.49. The molecule has 0 aromatic carbocycles. The lowest BCUT2D eigenvalue weighted by Gasteiger charge is -2.07. The van der Waals surface area contributed by atoms with E-state index in [0.717, 1.165) is 25.1 Å². The van der Waals surface area contributed by atoms with Crippen LogP contribution in [0.2, 0.25) is 0 Å². The Morgan fingerprint density at radius 3 is 3.25 bits per heavy atom. The average molecular weight is 224 g/mol. The van der Waals surface area contributed by atoms with Crippen molar-refractivity contribution in [1.29, 1.82) is 0 Å². The van der Waals surface area contributed by atoms with Crippen molar-refractivity contribution in [2.45, 2.75) is 32.2 Å². The maximum atomic E-state index is 11.7. The molecule has 1 fully saturated rings. The number of hydrogen-bond donors (Lipinski definition) is 2. The first-order chi connectivity index (χ1) is 7.79. The molecule has 2 N–H and O–H groups in total. The van der Waals surface area contributed by atoms with Gasteiger partial charge in [-0.1, -0.05) is 6.92 Å². The van der Waals surface area contributed by atoms with Crippen LogP contribution in [-0.2, 0) is 11.2 Å². The van der Waals surface area contributed by atoms with Gasteiger partial charge in [0.2, 0.25) is 5.82 Å². The molecule has 1 amide bonds. The summed E-state index contributed by atoms with van der Waals surface area (Å²) in [7, 11) is 0. The fraction of sp³-hybridized carbons (Fsp3) is 0.700. The molecule has 0 saturated carbocycles. The van der Waals surface area contributed by atoms with Crippen molar-refractivity contribution < 1.29 is 9.53 Å². The molecule has 1 aromatic rings. The summed E-state index contributed by atoms with van der Waals surface area (Å²) < 4.78 is 5.17. The zero-order chi connectivity index (χ0) is 11.4. The largest absolute Gasteiger partial charge is 0.379 e. The first-order valence-corrected chi connectivity index (χ1v) is 5.59. The number of hydrogen-bond acceptors (Lipinski definition) is 4. The number of amides is 1. The normalized spacial score (nSPS) is 19.9. The molecule has 6 heteroatoms. The van der Waals surface area contributed by atoms with Gasteiger partial charge in [-0.3, -0.25) is 9.89 Å². The van der Waals surface area contributed by atoms with Gasteiger partial charge in [-0.25, -0.2) is 4.98 Å². The standard InChI is InChI=1S/C10H16N4O2/c1-2-3-8-12-9(14-13-8)10(15)11-7-4-5-16-6-7/h7H,2-6H2,1H3,(H,11,15)(H,12,13,14). The van der Waals surface area contributed by atoms with Crippen LogP contribution in [0.1, 0.15) is 36.2 Å². The molecular formula is C10H16N4O2. The van der Waals surface area contributed by atoms with Gasteiger partial charge in [0.15, 0.2) is 0 Å². The van der Waals surface area contributed by atoms with Crippen LogP contribution in [-0.4, -0.2) is 40.3 Å².